The van der Waals surface area contributed by atoms with Crippen molar-refractivity contribution in [3.63, 3.8) is 0 Å². The van der Waals surface area contributed by atoms with Crippen LogP contribution < -0.4 is 0 Å². The van der Waals surface area contributed by atoms with E-state index in [4.69, 9.17) is 4.74 Å². The van der Waals surface area contributed by atoms with E-state index < -0.39 is 5.97 Å². The minimum atomic E-state index is -0.512. The molecule has 0 spiro atoms. The third-order valence-corrected chi connectivity index (χ3v) is 2.99. The van der Waals surface area contributed by atoms with Gasteiger partial charge in [-0.15, -0.1) is 11.8 Å². The van der Waals surface area contributed by atoms with Gasteiger partial charge in [0.25, 0.3) is 0 Å². The minimum Gasteiger partial charge on any atom is -0.463 e. The second kappa shape index (κ2) is 8.58. The lowest BCUT2D eigenvalue weighted by molar-refractivity contribution is -0.158. The van der Waals surface area contributed by atoms with Crippen LogP contribution in [0.25, 0.3) is 0 Å². The Morgan fingerprint density at radius 2 is 1.83 bits per heavy atom. The molecular weight excluding hydrogens is 252 g/mol. The number of ether oxygens (including phenoxy) is 2. The van der Waals surface area contributed by atoms with Gasteiger partial charge in [-0.1, -0.05) is 18.2 Å². The van der Waals surface area contributed by atoms with Gasteiger partial charge in [-0.3, -0.25) is 4.79 Å². The Hall–Kier alpha value is -1.49. The number of esters is 2. The summed E-state index contributed by atoms with van der Waals surface area (Å²) in [6.07, 6.45) is 0.277. The second-order valence-electron chi connectivity index (χ2n) is 3.38. The Kier molecular flexibility index (Phi) is 6.94. The lowest BCUT2D eigenvalue weighted by Crippen LogP contribution is -2.16. The molecule has 0 atom stereocenters. The number of carbonyl (C=O) groups excluding carboxylic acids is 2. The molecule has 98 valence electrons. The summed E-state index contributed by atoms with van der Waals surface area (Å²) in [7, 11) is 0. The van der Waals surface area contributed by atoms with Crippen LogP contribution in [0.1, 0.15) is 13.3 Å². The van der Waals surface area contributed by atoms with Crippen LogP contribution in [0.15, 0.2) is 35.2 Å². The molecule has 0 bridgehead atoms. The summed E-state index contributed by atoms with van der Waals surface area (Å²) in [5.74, 6) is -0.265. The topological polar surface area (TPSA) is 52.6 Å². The van der Waals surface area contributed by atoms with Crippen molar-refractivity contribution in [2.75, 3.05) is 19.0 Å². The maximum absolute atomic E-state index is 11.3. The van der Waals surface area contributed by atoms with Gasteiger partial charge in [0, 0.05) is 10.6 Å². The fraction of sp³-hybridized carbons (Fsp3) is 0.385. The number of thioether (sulfide) groups is 1. The summed E-state index contributed by atoms with van der Waals surface area (Å²) >= 11 is 1.58. The standard InChI is InChI=1S/C13H16O4S/c1-2-16-13(15)10-17-12(14)8-9-18-11-6-4-3-5-7-11/h3-7H,2,8-10H2,1H3. The first-order chi connectivity index (χ1) is 8.72. The Morgan fingerprint density at radius 3 is 2.50 bits per heavy atom. The number of benzene rings is 1. The molecule has 1 aromatic carbocycles. The van der Waals surface area contributed by atoms with E-state index in [1.54, 1.807) is 18.7 Å². The third-order valence-electron chi connectivity index (χ3n) is 1.97. The summed E-state index contributed by atoms with van der Waals surface area (Å²) in [6, 6.07) is 9.80. The first kappa shape index (κ1) is 14.6. The predicted octanol–water partition coefficient (Wildman–Crippen LogP) is 2.28. The van der Waals surface area contributed by atoms with Crippen molar-refractivity contribution in [2.24, 2.45) is 0 Å². The molecule has 0 N–H and O–H groups in total. The number of hydrogen-bond acceptors (Lipinski definition) is 5. The van der Waals surface area contributed by atoms with Gasteiger partial charge in [0.15, 0.2) is 6.61 Å². The largest absolute Gasteiger partial charge is 0.463 e. The molecule has 0 saturated carbocycles. The average Bonchev–Trinajstić information content (AvgIpc) is 2.38. The van der Waals surface area contributed by atoms with Crippen molar-refractivity contribution in [3.8, 4) is 0 Å². The van der Waals surface area contributed by atoms with Gasteiger partial charge >= 0.3 is 11.9 Å². The summed E-state index contributed by atoms with van der Waals surface area (Å²) in [6.45, 7) is 1.69. The van der Waals surface area contributed by atoms with Gasteiger partial charge in [0.1, 0.15) is 0 Å². The van der Waals surface area contributed by atoms with Gasteiger partial charge in [-0.25, -0.2) is 4.79 Å². The summed E-state index contributed by atoms with van der Waals surface area (Å²) in [5, 5.41) is 0. The van der Waals surface area contributed by atoms with Crippen molar-refractivity contribution in [3.05, 3.63) is 30.3 Å². The Bertz CT molecular complexity index is 378. The van der Waals surface area contributed by atoms with Gasteiger partial charge in [-0.05, 0) is 19.1 Å². The first-order valence-electron chi connectivity index (χ1n) is 5.71. The average molecular weight is 268 g/mol. The van der Waals surface area contributed by atoms with Crippen LogP contribution in [0, 0.1) is 0 Å². The van der Waals surface area contributed by atoms with Gasteiger partial charge < -0.3 is 9.47 Å². The molecule has 1 aromatic rings. The van der Waals surface area contributed by atoms with Crippen LogP contribution in [-0.4, -0.2) is 30.9 Å². The van der Waals surface area contributed by atoms with Crippen molar-refractivity contribution in [2.45, 2.75) is 18.2 Å². The van der Waals surface area contributed by atoms with Crippen LogP contribution in [0.4, 0.5) is 0 Å². The zero-order valence-electron chi connectivity index (χ0n) is 10.3. The highest BCUT2D eigenvalue weighted by Crippen LogP contribution is 2.17. The second-order valence-corrected chi connectivity index (χ2v) is 4.55. The number of rotatable bonds is 7. The highest BCUT2D eigenvalue weighted by atomic mass is 32.2. The van der Waals surface area contributed by atoms with E-state index in [1.165, 1.54) is 0 Å². The lowest BCUT2D eigenvalue weighted by Gasteiger charge is -2.04. The summed E-state index contributed by atoms with van der Waals surface area (Å²) in [5.41, 5.74) is 0. The fourth-order valence-electron chi connectivity index (χ4n) is 1.18. The third kappa shape index (κ3) is 6.30. The molecule has 0 aliphatic rings. The quantitative estimate of drug-likeness (QED) is 0.561. The van der Waals surface area contributed by atoms with Crippen LogP contribution in [-0.2, 0) is 19.1 Å². The van der Waals surface area contributed by atoms with E-state index in [2.05, 4.69) is 4.74 Å². The molecule has 18 heavy (non-hydrogen) atoms. The molecule has 5 heteroatoms. The molecule has 0 amide bonds. The van der Waals surface area contributed by atoms with Gasteiger partial charge in [-0.2, -0.15) is 0 Å². The zero-order chi connectivity index (χ0) is 13.2. The maximum atomic E-state index is 11.3. The van der Waals surface area contributed by atoms with Crippen molar-refractivity contribution >= 4 is 23.7 Å². The van der Waals surface area contributed by atoms with Gasteiger partial charge in [0.05, 0.1) is 13.0 Å². The minimum absolute atomic E-state index is 0.277. The zero-order valence-corrected chi connectivity index (χ0v) is 11.1. The molecule has 0 heterocycles. The maximum Gasteiger partial charge on any atom is 0.344 e. The molecule has 0 unspecified atom stereocenters. The van der Waals surface area contributed by atoms with Gasteiger partial charge in [0.2, 0.25) is 0 Å². The van der Waals surface area contributed by atoms with E-state index >= 15 is 0 Å². The molecule has 0 radical (unpaired) electrons. The highest BCUT2D eigenvalue weighted by molar-refractivity contribution is 7.99. The molecule has 4 nitrogen and oxygen atoms in total. The summed E-state index contributed by atoms with van der Waals surface area (Å²) in [4.78, 5) is 23.3. The Morgan fingerprint density at radius 1 is 1.11 bits per heavy atom. The molecule has 0 aliphatic carbocycles. The lowest BCUT2D eigenvalue weighted by atomic mass is 10.4. The van der Waals surface area contributed by atoms with Crippen LogP contribution >= 0.6 is 11.8 Å². The van der Waals surface area contributed by atoms with E-state index in [-0.39, 0.29) is 19.0 Å². The van der Waals surface area contributed by atoms with Crippen LogP contribution in [0.5, 0.6) is 0 Å². The van der Waals surface area contributed by atoms with Crippen molar-refractivity contribution in [1.29, 1.82) is 0 Å². The van der Waals surface area contributed by atoms with E-state index in [9.17, 15) is 9.59 Å². The predicted molar refractivity (Wildman–Crippen MR) is 69.4 cm³/mol. The van der Waals surface area contributed by atoms with Crippen molar-refractivity contribution in [1.82, 2.24) is 0 Å². The van der Waals surface area contributed by atoms with E-state index in [0.29, 0.717) is 12.4 Å². The molecule has 1 rings (SSSR count). The fourth-order valence-corrected chi connectivity index (χ4v) is 2.04. The summed E-state index contributed by atoms with van der Waals surface area (Å²) < 4.78 is 9.41. The SMILES string of the molecule is CCOC(=O)COC(=O)CCSc1ccccc1. The highest BCUT2D eigenvalue weighted by Gasteiger charge is 2.07. The molecule has 0 saturated heterocycles. The Balaban J connectivity index is 2.12. The normalized spacial score (nSPS) is 9.83. The smallest absolute Gasteiger partial charge is 0.344 e. The van der Waals surface area contributed by atoms with Crippen molar-refractivity contribution < 1.29 is 19.1 Å². The molecular formula is C13H16O4S. The number of carbonyl (C=O) groups is 2. The first-order valence-corrected chi connectivity index (χ1v) is 6.70. The molecule has 0 fully saturated rings. The molecule has 0 aromatic heterocycles. The number of hydrogen-bond donors (Lipinski definition) is 0. The van der Waals surface area contributed by atoms with E-state index in [0.717, 1.165) is 4.90 Å². The van der Waals surface area contributed by atoms with Crippen LogP contribution in [0.2, 0.25) is 0 Å². The monoisotopic (exact) mass is 268 g/mol. The molecule has 0 aliphatic heterocycles. The van der Waals surface area contributed by atoms with Crippen LogP contribution in [0.3, 0.4) is 0 Å². The van der Waals surface area contributed by atoms with E-state index in [1.807, 2.05) is 30.3 Å². The Labute approximate surface area is 111 Å².